The largest absolute Gasteiger partial charge is 0.480 e. The molecule has 0 aliphatic carbocycles. The Morgan fingerprint density at radius 1 is 0.590 bits per heavy atom. The number of guanidine groups is 3. The monoisotopic (exact) mass is 1420 g/mol. The molecule has 10 atom stereocenters. The highest BCUT2D eigenvalue weighted by molar-refractivity contribution is 7.98. The number of benzene rings is 2. The van der Waals surface area contributed by atoms with E-state index in [0.717, 1.165) is 23.6 Å². The van der Waals surface area contributed by atoms with Gasteiger partial charge in [0.25, 0.3) is 0 Å². The standard InChI is InChI=1S/C65H102N20O14S/c1-4-5-6-13-22-41-34-52(88)85(60(41)96)100-37-49(83-59(95)50-26-17-30-84(50)61(97)43(24-15-28-74-64(69)70)78-53(89)42(66)23-14-27-73-63(67)68)54(90)76-35-51(87)77-46(32-39-18-9-7-10-19-39)56(92)82-48(36-86)58(94)81-47(33-40-20-11-8-12-21-40)57(93)80-45(31-38(2)3)55(91)79-44(62(98)99)25-16-29-75-65(71)72/h7-12,18-21,38,41-50,86H,4-6,13-17,22-37,66H2,1-3H3,(H,76,90)(H,77,87)(H,78,89)(H,79,91)(H,80,93)(H,81,94)(H,82,92)(H,83,95)(H,98,99)(H4,67,68,73)(H4,69,70,74)(H4,71,72,75)/t41?,42-,43+,44+,45+,46+,47-,48+,49+,50+/m1/s1. The molecule has 2 heterocycles. The van der Waals surface area contributed by atoms with Gasteiger partial charge in [0.1, 0.15) is 48.3 Å². The maximum atomic E-state index is 14.5. The van der Waals surface area contributed by atoms with Gasteiger partial charge in [0.15, 0.2) is 17.9 Å². The highest BCUT2D eigenvalue weighted by Gasteiger charge is 2.42. The van der Waals surface area contributed by atoms with Crippen LogP contribution in [0.25, 0.3) is 0 Å². The highest BCUT2D eigenvalue weighted by atomic mass is 32.2. The molecule has 2 fully saturated rings. The number of carbonyl (C=O) groups is 12. The van der Waals surface area contributed by atoms with Crippen molar-refractivity contribution in [3.8, 4) is 0 Å². The fourth-order valence-corrected chi connectivity index (χ4v) is 12.1. The minimum Gasteiger partial charge on any atom is -0.480 e. The van der Waals surface area contributed by atoms with Crippen LogP contribution in [0.2, 0.25) is 0 Å². The second kappa shape index (κ2) is 43.7. The Bertz CT molecular complexity index is 3150. The zero-order valence-electron chi connectivity index (χ0n) is 57.1. The average molecular weight is 1420 g/mol. The molecule has 4 rings (SSSR count). The molecule has 0 spiro atoms. The minimum absolute atomic E-state index is 0.0196. The number of nitrogens with one attached hydrogen (secondary N) is 8. The van der Waals surface area contributed by atoms with E-state index >= 15 is 0 Å². The smallest absolute Gasteiger partial charge is 0.326 e. The number of nitrogens with zero attached hydrogens (tertiary/aromatic N) is 5. The molecule has 2 aromatic rings. The van der Waals surface area contributed by atoms with Crippen molar-refractivity contribution >= 4 is 101 Å². The number of nitrogens with two attached hydrogens (primary N) is 7. The molecular formula is C65H102N20O14S. The summed E-state index contributed by atoms with van der Waals surface area (Å²) in [5.74, 6) is -11.9. The van der Waals surface area contributed by atoms with E-state index in [0.29, 0.717) is 48.8 Å². The van der Waals surface area contributed by atoms with Gasteiger partial charge in [-0.05, 0) is 93.2 Å². The summed E-state index contributed by atoms with van der Waals surface area (Å²) in [6.45, 7) is 4.15. The van der Waals surface area contributed by atoms with Gasteiger partial charge in [-0.1, -0.05) is 107 Å². The van der Waals surface area contributed by atoms with Crippen molar-refractivity contribution in [3.63, 3.8) is 0 Å². The van der Waals surface area contributed by atoms with E-state index in [9.17, 15) is 67.7 Å². The maximum Gasteiger partial charge on any atom is 0.326 e. The van der Waals surface area contributed by atoms with Gasteiger partial charge in [0.2, 0.25) is 65.0 Å². The van der Waals surface area contributed by atoms with Crippen LogP contribution in [-0.2, 0) is 70.4 Å². The van der Waals surface area contributed by atoms with Crippen LogP contribution in [-0.4, -0.2) is 208 Å². The molecule has 11 amide bonds. The van der Waals surface area contributed by atoms with Gasteiger partial charge in [-0.25, -0.2) is 9.10 Å². The number of carbonyl (C=O) groups excluding carboxylic acids is 11. The quantitative estimate of drug-likeness (QED) is 0.0101. The van der Waals surface area contributed by atoms with Crippen molar-refractivity contribution in [2.75, 3.05) is 45.1 Å². The first-order valence-electron chi connectivity index (χ1n) is 33.6. The molecule has 100 heavy (non-hydrogen) atoms. The first-order valence-corrected chi connectivity index (χ1v) is 34.6. The molecule has 0 saturated carbocycles. The van der Waals surface area contributed by atoms with Crippen LogP contribution < -0.4 is 82.7 Å². The van der Waals surface area contributed by atoms with E-state index < -0.39 is 150 Å². The van der Waals surface area contributed by atoms with E-state index in [4.69, 9.17) is 40.1 Å². The number of carboxylic acid groups (broad SMARTS) is 1. The molecule has 0 radical (unpaired) electrons. The first-order chi connectivity index (χ1) is 47.6. The van der Waals surface area contributed by atoms with E-state index in [-0.39, 0.29) is 114 Å². The topological polar surface area (TPSA) is 567 Å². The summed E-state index contributed by atoms with van der Waals surface area (Å²) in [4.78, 5) is 180. The van der Waals surface area contributed by atoms with Crippen molar-refractivity contribution in [3.05, 3.63) is 71.8 Å². The number of amides is 11. The number of aliphatic imine (C=N–C) groups is 3. The van der Waals surface area contributed by atoms with Crippen molar-refractivity contribution in [2.45, 2.75) is 184 Å². The minimum atomic E-state index is -1.77. The molecule has 24 N–H and O–H groups in total. The Morgan fingerprint density at radius 2 is 1.09 bits per heavy atom. The summed E-state index contributed by atoms with van der Waals surface area (Å²) in [5.41, 5.74) is 39.9. The lowest BCUT2D eigenvalue weighted by atomic mass is 9.99. The number of aliphatic hydroxyl groups is 1. The van der Waals surface area contributed by atoms with E-state index in [2.05, 4.69) is 57.5 Å². The van der Waals surface area contributed by atoms with Gasteiger partial charge in [-0.15, -0.1) is 0 Å². The molecule has 552 valence electrons. The lowest BCUT2D eigenvalue weighted by Crippen LogP contribution is -2.60. The zero-order valence-corrected chi connectivity index (χ0v) is 57.9. The van der Waals surface area contributed by atoms with Gasteiger partial charge < -0.3 is 97.8 Å². The van der Waals surface area contributed by atoms with Gasteiger partial charge >= 0.3 is 5.97 Å². The lowest BCUT2D eigenvalue weighted by Gasteiger charge is -2.30. The Balaban J connectivity index is 1.57. The Kier molecular flexibility index (Phi) is 36.2. The first kappa shape index (κ1) is 82.8. The van der Waals surface area contributed by atoms with Gasteiger partial charge in [0.05, 0.1) is 19.2 Å². The Morgan fingerprint density at radius 3 is 1.63 bits per heavy atom. The molecule has 2 saturated heterocycles. The second-order valence-electron chi connectivity index (χ2n) is 24.9. The zero-order chi connectivity index (χ0) is 73.8. The molecule has 2 aliphatic rings. The molecule has 1 unspecified atom stereocenters. The SMILES string of the molecule is CCCCCCC1CC(=O)N(SC[C@H](NC(=O)[C@@H]2CCCN2C(=O)[C@H](CCCN=C(N)N)NC(=O)[C@H](N)CCCN=C(N)N)C(=O)NCC(=O)N[C@@H](Cc2ccccc2)C(=O)N[C@@H](CO)C(=O)N[C@H](Cc2ccccc2)C(=O)N[C@@H](CC(C)C)C(=O)N[C@@H](CCCN=C(N)N)C(=O)O)C1=O. The van der Waals surface area contributed by atoms with Crippen molar-refractivity contribution in [1.82, 2.24) is 51.7 Å². The van der Waals surface area contributed by atoms with Crippen LogP contribution in [0, 0.1) is 11.8 Å². The fourth-order valence-electron chi connectivity index (χ4n) is 11.0. The number of likely N-dealkylation sites (tertiary alicyclic amines) is 1. The average Bonchev–Trinajstić information content (AvgIpc) is 1.65. The number of hydrogen-bond donors (Lipinski definition) is 17. The Hall–Kier alpha value is -9.64. The molecular weight excluding hydrogens is 1320 g/mol. The molecule has 2 aromatic carbocycles. The summed E-state index contributed by atoms with van der Waals surface area (Å²) in [6.07, 6.45) is 4.83. The predicted octanol–water partition coefficient (Wildman–Crippen LogP) is -3.42. The number of imide groups is 1. The lowest BCUT2D eigenvalue weighted by molar-refractivity contribution is -0.142. The summed E-state index contributed by atoms with van der Waals surface area (Å²) < 4.78 is 0.953. The van der Waals surface area contributed by atoms with Gasteiger partial charge in [-0.3, -0.25) is 67.7 Å². The third-order valence-corrected chi connectivity index (χ3v) is 17.4. The van der Waals surface area contributed by atoms with Crippen LogP contribution >= 0.6 is 11.9 Å². The normalized spacial score (nSPS) is 16.6. The predicted molar refractivity (Wildman–Crippen MR) is 375 cm³/mol. The van der Waals surface area contributed by atoms with Crippen molar-refractivity contribution in [2.24, 2.45) is 66.9 Å². The molecule has 2 aliphatic heterocycles. The van der Waals surface area contributed by atoms with Crippen LogP contribution in [0.4, 0.5) is 0 Å². The number of aliphatic carboxylic acids is 1. The Labute approximate surface area is 586 Å². The molecule has 34 nitrogen and oxygen atoms in total. The third-order valence-electron chi connectivity index (χ3n) is 16.3. The summed E-state index contributed by atoms with van der Waals surface area (Å²) in [5, 5.41) is 41.1. The fraction of sp³-hybridized carbons (Fsp3) is 0.585. The van der Waals surface area contributed by atoms with Crippen LogP contribution in [0.3, 0.4) is 0 Å². The van der Waals surface area contributed by atoms with Crippen molar-refractivity contribution < 1.29 is 67.7 Å². The summed E-state index contributed by atoms with van der Waals surface area (Å²) >= 11 is 0.688. The number of rotatable bonds is 45. The number of carboxylic acids is 1. The van der Waals surface area contributed by atoms with Gasteiger partial charge in [0, 0.05) is 57.1 Å². The summed E-state index contributed by atoms with van der Waals surface area (Å²) in [7, 11) is 0. The van der Waals surface area contributed by atoms with Gasteiger partial charge in [-0.2, -0.15) is 0 Å². The number of hydrogen-bond acceptors (Lipinski definition) is 18. The molecule has 0 aromatic heterocycles. The maximum absolute atomic E-state index is 14.5. The van der Waals surface area contributed by atoms with E-state index in [1.807, 2.05) is 6.92 Å². The highest BCUT2D eigenvalue weighted by Crippen LogP contribution is 2.31. The second-order valence-corrected chi connectivity index (χ2v) is 25.9. The third kappa shape index (κ3) is 29.4. The van der Waals surface area contributed by atoms with Crippen LogP contribution in [0.1, 0.15) is 128 Å². The van der Waals surface area contributed by atoms with Crippen LogP contribution in [0.5, 0.6) is 0 Å². The number of aliphatic hydroxyl groups excluding tert-OH is 1. The van der Waals surface area contributed by atoms with Crippen LogP contribution in [0.15, 0.2) is 75.6 Å². The summed E-state index contributed by atoms with van der Waals surface area (Å²) in [6, 6.07) is 4.27. The molecule has 0 bridgehead atoms. The van der Waals surface area contributed by atoms with Crippen molar-refractivity contribution in [1.29, 1.82) is 0 Å². The van der Waals surface area contributed by atoms with E-state index in [1.54, 1.807) is 74.5 Å². The molecule has 35 heteroatoms. The number of unbranched alkanes of at least 4 members (excludes halogenated alkanes) is 3. The van der Waals surface area contributed by atoms with E-state index in [1.165, 1.54) is 4.90 Å².